The SMILES string of the molecule is Cc1ccc(C2=NN3C(C2)c2cc(Br)ccc2OC32C(=O)N(Cc3ccccc3)c3ccccc32)cc1. The van der Waals surface area contributed by atoms with E-state index in [-0.39, 0.29) is 11.9 Å². The Labute approximate surface area is 224 Å². The predicted octanol–water partition coefficient (Wildman–Crippen LogP) is 6.70. The van der Waals surface area contributed by atoms with Crippen molar-refractivity contribution in [3.8, 4) is 5.75 Å². The summed E-state index contributed by atoms with van der Waals surface area (Å²) in [6.07, 6.45) is 0.686. The Bertz CT molecular complexity index is 1570. The molecule has 0 saturated heterocycles. The van der Waals surface area contributed by atoms with Crippen molar-refractivity contribution in [3.63, 3.8) is 0 Å². The minimum atomic E-state index is -1.37. The maximum atomic E-state index is 14.5. The van der Waals surface area contributed by atoms with Gasteiger partial charge in [-0.15, -0.1) is 0 Å². The van der Waals surface area contributed by atoms with Crippen LogP contribution in [0.5, 0.6) is 5.75 Å². The Morgan fingerprint density at radius 2 is 1.73 bits per heavy atom. The van der Waals surface area contributed by atoms with Crippen LogP contribution >= 0.6 is 15.9 Å². The molecule has 0 saturated carbocycles. The average Bonchev–Trinajstić information content (AvgIpc) is 3.46. The molecule has 1 amide bonds. The van der Waals surface area contributed by atoms with E-state index in [9.17, 15) is 4.79 Å². The summed E-state index contributed by atoms with van der Waals surface area (Å²) in [5, 5.41) is 7.05. The van der Waals surface area contributed by atoms with Gasteiger partial charge < -0.3 is 9.64 Å². The minimum Gasteiger partial charge on any atom is -0.453 e. The zero-order valence-corrected chi connectivity index (χ0v) is 21.9. The number of carbonyl (C=O) groups is 1. The van der Waals surface area contributed by atoms with Crippen molar-refractivity contribution < 1.29 is 9.53 Å². The molecule has 37 heavy (non-hydrogen) atoms. The van der Waals surface area contributed by atoms with E-state index >= 15 is 0 Å². The summed E-state index contributed by atoms with van der Waals surface area (Å²) in [6.45, 7) is 2.54. The molecule has 0 aliphatic carbocycles. The van der Waals surface area contributed by atoms with Crippen LogP contribution in [0.25, 0.3) is 0 Å². The lowest BCUT2D eigenvalue weighted by molar-refractivity contribution is -0.164. The van der Waals surface area contributed by atoms with Gasteiger partial charge in [0.2, 0.25) is 0 Å². The van der Waals surface area contributed by atoms with Crippen LogP contribution in [0.1, 0.15) is 40.3 Å². The molecular formula is C31H24BrN3O2. The lowest BCUT2D eigenvalue weighted by Gasteiger charge is -2.44. The van der Waals surface area contributed by atoms with Gasteiger partial charge in [-0.1, -0.05) is 94.3 Å². The number of anilines is 1. The third kappa shape index (κ3) is 3.36. The number of aryl methyl sites for hydroxylation is 1. The van der Waals surface area contributed by atoms with E-state index in [4.69, 9.17) is 9.84 Å². The van der Waals surface area contributed by atoms with Gasteiger partial charge in [0, 0.05) is 16.5 Å². The van der Waals surface area contributed by atoms with E-state index in [1.165, 1.54) is 5.56 Å². The molecule has 1 spiro atoms. The summed E-state index contributed by atoms with van der Waals surface area (Å²) >= 11 is 3.63. The number of amides is 1. The van der Waals surface area contributed by atoms with Crippen molar-refractivity contribution in [2.75, 3.05) is 4.90 Å². The predicted molar refractivity (Wildman–Crippen MR) is 147 cm³/mol. The number of ether oxygens (including phenoxy) is 1. The molecule has 0 radical (unpaired) electrons. The summed E-state index contributed by atoms with van der Waals surface area (Å²) in [6, 6.07) is 32.3. The molecule has 0 fully saturated rings. The molecule has 3 heterocycles. The van der Waals surface area contributed by atoms with E-state index < -0.39 is 5.72 Å². The minimum absolute atomic E-state index is 0.120. The van der Waals surface area contributed by atoms with Crippen LogP contribution in [0.4, 0.5) is 5.69 Å². The zero-order chi connectivity index (χ0) is 25.1. The van der Waals surface area contributed by atoms with Gasteiger partial charge in [-0.2, -0.15) is 5.10 Å². The van der Waals surface area contributed by atoms with Crippen LogP contribution in [-0.2, 0) is 17.1 Å². The molecule has 0 bridgehead atoms. The number of hydrogen-bond donors (Lipinski definition) is 0. The van der Waals surface area contributed by atoms with Crippen molar-refractivity contribution in [2.24, 2.45) is 5.10 Å². The highest BCUT2D eigenvalue weighted by atomic mass is 79.9. The fourth-order valence-electron chi connectivity index (χ4n) is 5.69. The normalized spacial score (nSPS) is 21.4. The molecule has 0 N–H and O–H groups in total. The maximum Gasteiger partial charge on any atom is 0.306 e. The highest BCUT2D eigenvalue weighted by molar-refractivity contribution is 9.10. The summed E-state index contributed by atoms with van der Waals surface area (Å²) in [7, 11) is 0. The van der Waals surface area contributed by atoms with Crippen LogP contribution in [0.2, 0.25) is 0 Å². The number of benzene rings is 4. The van der Waals surface area contributed by atoms with E-state index in [0.717, 1.165) is 43.9 Å². The van der Waals surface area contributed by atoms with Crippen LogP contribution < -0.4 is 9.64 Å². The largest absolute Gasteiger partial charge is 0.453 e. The van der Waals surface area contributed by atoms with Crippen LogP contribution in [0.3, 0.4) is 0 Å². The molecular weight excluding hydrogens is 526 g/mol. The fraction of sp³-hybridized carbons (Fsp3) is 0.161. The summed E-state index contributed by atoms with van der Waals surface area (Å²) in [5.41, 5.74) is 5.61. The summed E-state index contributed by atoms with van der Waals surface area (Å²) < 4.78 is 7.74. The van der Waals surface area contributed by atoms with Crippen molar-refractivity contribution in [3.05, 3.63) is 129 Å². The second-order valence-electron chi connectivity index (χ2n) is 9.80. The Balaban J connectivity index is 1.41. The third-order valence-corrected chi connectivity index (χ3v) is 7.98. The quantitative estimate of drug-likeness (QED) is 0.285. The van der Waals surface area contributed by atoms with Gasteiger partial charge >= 0.3 is 5.72 Å². The molecule has 2 atom stereocenters. The molecule has 4 aromatic rings. The Morgan fingerprint density at radius 1 is 0.973 bits per heavy atom. The van der Waals surface area contributed by atoms with Gasteiger partial charge in [-0.05, 0) is 42.3 Å². The number of carbonyl (C=O) groups excluding carboxylic acids is 1. The van der Waals surface area contributed by atoms with Crippen molar-refractivity contribution >= 4 is 33.2 Å². The highest BCUT2D eigenvalue weighted by Crippen LogP contribution is 2.56. The first kappa shape index (κ1) is 22.3. The van der Waals surface area contributed by atoms with Gasteiger partial charge in [0.15, 0.2) is 0 Å². The number of fused-ring (bicyclic) bond motifs is 6. The molecule has 182 valence electrons. The summed E-state index contributed by atoms with van der Waals surface area (Å²) in [4.78, 5) is 16.4. The molecule has 2 unspecified atom stereocenters. The van der Waals surface area contributed by atoms with Crippen molar-refractivity contribution in [1.29, 1.82) is 0 Å². The molecule has 0 aromatic heterocycles. The fourth-order valence-corrected chi connectivity index (χ4v) is 6.07. The smallest absolute Gasteiger partial charge is 0.306 e. The first-order valence-electron chi connectivity index (χ1n) is 12.4. The third-order valence-electron chi connectivity index (χ3n) is 7.48. The lowest BCUT2D eigenvalue weighted by atomic mass is 9.92. The number of para-hydroxylation sites is 1. The second kappa shape index (κ2) is 8.32. The zero-order valence-electron chi connectivity index (χ0n) is 20.3. The lowest BCUT2D eigenvalue weighted by Crippen LogP contribution is -2.57. The van der Waals surface area contributed by atoms with Crippen molar-refractivity contribution in [2.45, 2.75) is 31.7 Å². The van der Waals surface area contributed by atoms with E-state index in [1.54, 1.807) is 0 Å². The molecule has 6 heteroatoms. The molecule has 7 rings (SSSR count). The molecule has 3 aliphatic heterocycles. The number of hydrogen-bond acceptors (Lipinski definition) is 4. The van der Waals surface area contributed by atoms with Crippen molar-refractivity contribution in [1.82, 2.24) is 5.01 Å². The monoisotopic (exact) mass is 549 g/mol. The first-order valence-corrected chi connectivity index (χ1v) is 13.2. The number of hydrazone groups is 1. The maximum absolute atomic E-state index is 14.5. The molecule has 5 nitrogen and oxygen atoms in total. The second-order valence-corrected chi connectivity index (χ2v) is 10.7. The van der Waals surface area contributed by atoms with Gasteiger partial charge in [0.25, 0.3) is 5.91 Å². The van der Waals surface area contributed by atoms with E-state index in [2.05, 4.69) is 53.2 Å². The van der Waals surface area contributed by atoms with Gasteiger partial charge in [0.1, 0.15) is 5.75 Å². The highest BCUT2D eigenvalue weighted by Gasteiger charge is 2.63. The average molecular weight is 550 g/mol. The van der Waals surface area contributed by atoms with Gasteiger partial charge in [0.05, 0.1) is 29.5 Å². The first-order chi connectivity index (χ1) is 18.0. The Kier molecular flexibility index (Phi) is 5.01. The molecule has 3 aliphatic rings. The standard InChI is InChI=1S/C31H24BrN3O2/c1-20-11-13-22(14-12-20)26-18-28-24-17-23(32)15-16-29(24)37-31(35(28)33-26)25-9-5-6-10-27(25)34(30(31)36)19-21-7-3-2-4-8-21/h2-17,28H,18-19H2,1H3. The van der Waals surface area contributed by atoms with Gasteiger partial charge in [-0.25, -0.2) is 5.01 Å². The van der Waals surface area contributed by atoms with E-state index in [1.807, 2.05) is 76.6 Å². The number of rotatable bonds is 3. The van der Waals surface area contributed by atoms with Gasteiger partial charge in [-0.3, -0.25) is 4.79 Å². The summed E-state index contributed by atoms with van der Waals surface area (Å²) in [5.74, 6) is 0.597. The van der Waals surface area contributed by atoms with Crippen LogP contribution in [0, 0.1) is 6.92 Å². The number of nitrogens with zero attached hydrogens (tertiary/aromatic N) is 3. The number of halogens is 1. The Morgan fingerprint density at radius 3 is 2.54 bits per heavy atom. The van der Waals surface area contributed by atoms with E-state index in [0.29, 0.717) is 13.0 Å². The molecule has 4 aromatic carbocycles. The van der Waals surface area contributed by atoms with Crippen LogP contribution in [-0.4, -0.2) is 16.6 Å². The van der Waals surface area contributed by atoms with Crippen LogP contribution in [0.15, 0.2) is 107 Å². The topological polar surface area (TPSA) is 45.1 Å². The Hall–Kier alpha value is -3.90.